The third kappa shape index (κ3) is 6.39. The number of halogens is 1. The van der Waals surface area contributed by atoms with Gasteiger partial charge in [0.25, 0.3) is 0 Å². The molecule has 5 heteroatoms. The predicted octanol–water partition coefficient (Wildman–Crippen LogP) is 4.85. The van der Waals surface area contributed by atoms with Crippen LogP contribution in [0.4, 0.5) is 4.39 Å². The first kappa shape index (κ1) is 23.0. The Hall–Kier alpha value is -2.69. The van der Waals surface area contributed by atoms with E-state index in [-0.39, 0.29) is 36.6 Å². The number of aryl methyl sites for hydroxylation is 2. The summed E-state index contributed by atoms with van der Waals surface area (Å²) in [6, 6.07) is 11.7. The number of nitrogens with zero attached hydrogens (tertiary/aromatic N) is 1. The van der Waals surface area contributed by atoms with Gasteiger partial charge in [-0.05, 0) is 68.0 Å². The highest BCUT2D eigenvalue weighted by Crippen LogP contribution is 2.19. The van der Waals surface area contributed by atoms with Crippen molar-refractivity contribution in [2.45, 2.75) is 77.9 Å². The molecule has 0 aliphatic heterocycles. The lowest BCUT2D eigenvalue weighted by molar-refractivity contribution is -0.140. The summed E-state index contributed by atoms with van der Waals surface area (Å²) >= 11 is 0. The van der Waals surface area contributed by atoms with Gasteiger partial charge in [-0.2, -0.15) is 0 Å². The molecule has 1 aliphatic carbocycles. The average Bonchev–Trinajstić information content (AvgIpc) is 2.76. The van der Waals surface area contributed by atoms with Crippen molar-refractivity contribution < 1.29 is 14.0 Å². The van der Waals surface area contributed by atoms with E-state index >= 15 is 0 Å². The molecule has 1 N–H and O–H groups in total. The van der Waals surface area contributed by atoms with Crippen LogP contribution >= 0.6 is 0 Å². The van der Waals surface area contributed by atoms with Gasteiger partial charge in [0.15, 0.2) is 0 Å². The Kier molecular flexibility index (Phi) is 7.83. The minimum atomic E-state index is -0.606. The summed E-state index contributed by atoms with van der Waals surface area (Å²) < 4.78 is 13.3. The quantitative estimate of drug-likeness (QED) is 0.691. The van der Waals surface area contributed by atoms with E-state index in [0.29, 0.717) is 0 Å². The number of amides is 2. The van der Waals surface area contributed by atoms with Crippen molar-refractivity contribution in [3.05, 3.63) is 70.5 Å². The van der Waals surface area contributed by atoms with Gasteiger partial charge in [0.05, 0.1) is 6.42 Å². The van der Waals surface area contributed by atoms with E-state index in [0.717, 1.165) is 42.4 Å². The molecule has 2 aromatic rings. The van der Waals surface area contributed by atoms with Crippen molar-refractivity contribution in [2.24, 2.45) is 0 Å². The third-order valence-corrected chi connectivity index (χ3v) is 6.31. The molecule has 166 valence electrons. The van der Waals surface area contributed by atoms with Gasteiger partial charge < -0.3 is 10.2 Å². The molecule has 0 heterocycles. The minimum absolute atomic E-state index is 0.112. The van der Waals surface area contributed by atoms with Crippen LogP contribution in [-0.2, 0) is 22.6 Å². The monoisotopic (exact) mass is 424 g/mol. The molecule has 1 atom stereocenters. The molecule has 1 saturated carbocycles. The zero-order valence-corrected chi connectivity index (χ0v) is 18.8. The fourth-order valence-corrected chi connectivity index (χ4v) is 4.13. The Morgan fingerprint density at radius 3 is 2.29 bits per heavy atom. The number of carbonyl (C=O) groups excluding carboxylic acids is 2. The molecule has 2 amide bonds. The summed E-state index contributed by atoms with van der Waals surface area (Å²) in [5, 5.41) is 3.14. The number of hydrogen-bond donors (Lipinski definition) is 1. The first-order valence-corrected chi connectivity index (χ1v) is 11.2. The summed E-state index contributed by atoms with van der Waals surface area (Å²) in [5.74, 6) is -0.554. The smallest absolute Gasteiger partial charge is 0.242 e. The largest absolute Gasteiger partial charge is 0.352 e. The van der Waals surface area contributed by atoms with Crippen LogP contribution in [0.1, 0.15) is 61.3 Å². The summed E-state index contributed by atoms with van der Waals surface area (Å²) in [6.07, 6.45) is 5.69. The lowest BCUT2D eigenvalue weighted by Crippen LogP contribution is -2.50. The second-order valence-corrected chi connectivity index (χ2v) is 8.76. The van der Waals surface area contributed by atoms with E-state index < -0.39 is 6.04 Å². The fraction of sp³-hybridized carbons (Fsp3) is 0.462. The van der Waals surface area contributed by atoms with Gasteiger partial charge in [-0.15, -0.1) is 0 Å². The Morgan fingerprint density at radius 2 is 1.65 bits per heavy atom. The molecule has 0 unspecified atom stereocenters. The number of rotatable bonds is 7. The number of hydrogen-bond acceptors (Lipinski definition) is 2. The summed E-state index contributed by atoms with van der Waals surface area (Å²) in [5.41, 5.74) is 4.04. The van der Waals surface area contributed by atoms with Crippen LogP contribution in [0.25, 0.3) is 0 Å². The molecule has 0 saturated heterocycles. The Morgan fingerprint density at radius 1 is 1.00 bits per heavy atom. The van der Waals surface area contributed by atoms with Gasteiger partial charge >= 0.3 is 0 Å². The maximum Gasteiger partial charge on any atom is 0.242 e. The fourth-order valence-electron chi connectivity index (χ4n) is 4.13. The van der Waals surface area contributed by atoms with Crippen molar-refractivity contribution in [2.75, 3.05) is 0 Å². The van der Waals surface area contributed by atoms with Gasteiger partial charge in [0, 0.05) is 12.6 Å². The van der Waals surface area contributed by atoms with E-state index in [1.807, 2.05) is 32.0 Å². The van der Waals surface area contributed by atoms with E-state index in [4.69, 9.17) is 0 Å². The molecule has 0 spiro atoms. The second-order valence-electron chi connectivity index (χ2n) is 8.76. The molecule has 2 aromatic carbocycles. The number of benzene rings is 2. The Balaban J connectivity index is 1.76. The van der Waals surface area contributed by atoms with E-state index in [1.165, 1.54) is 24.1 Å². The number of carbonyl (C=O) groups is 2. The van der Waals surface area contributed by atoms with Crippen LogP contribution in [0.3, 0.4) is 0 Å². The SMILES string of the molecule is Cc1ccc(CC(=O)N(Cc2ccc(F)cc2)[C@@H](C)C(=O)NC2CCCCC2)cc1C. The van der Waals surface area contributed by atoms with E-state index in [2.05, 4.69) is 5.32 Å². The molecule has 1 fully saturated rings. The first-order chi connectivity index (χ1) is 14.8. The predicted molar refractivity (Wildman–Crippen MR) is 121 cm³/mol. The zero-order valence-electron chi connectivity index (χ0n) is 18.8. The Bertz CT molecular complexity index is 904. The summed E-state index contributed by atoms with van der Waals surface area (Å²) in [7, 11) is 0. The van der Waals surface area contributed by atoms with Gasteiger partial charge in [-0.1, -0.05) is 49.6 Å². The topological polar surface area (TPSA) is 49.4 Å². The molecule has 0 radical (unpaired) electrons. The highest BCUT2D eigenvalue weighted by Gasteiger charge is 2.28. The lowest BCUT2D eigenvalue weighted by atomic mass is 9.95. The minimum Gasteiger partial charge on any atom is -0.352 e. The zero-order chi connectivity index (χ0) is 22.4. The highest BCUT2D eigenvalue weighted by atomic mass is 19.1. The van der Waals surface area contributed by atoms with Gasteiger partial charge in [-0.3, -0.25) is 9.59 Å². The van der Waals surface area contributed by atoms with Crippen LogP contribution in [0.5, 0.6) is 0 Å². The maximum atomic E-state index is 13.3. The van der Waals surface area contributed by atoms with Crippen molar-refractivity contribution >= 4 is 11.8 Å². The molecule has 1 aliphatic rings. The number of nitrogens with one attached hydrogen (secondary N) is 1. The van der Waals surface area contributed by atoms with Crippen LogP contribution in [0.2, 0.25) is 0 Å². The van der Waals surface area contributed by atoms with Gasteiger partial charge in [0.2, 0.25) is 11.8 Å². The molecule has 3 rings (SSSR count). The molecule has 0 bridgehead atoms. The lowest BCUT2D eigenvalue weighted by Gasteiger charge is -2.31. The van der Waals surface area contributed by atoms with Crippen LogP contribution in [-0.4, -0.2) is 28.8 Å². The van der Waals surface area contributed by atoms with E-state index in [9.17, 15) is 14.0 Å². The van der Waals surface area contributed by atoms with E-state index in [1.54, 1.807) is 24.0 Å². The molecule has 4 nitrogen and oxygen atoms in total. The maximum absolute atomic E-state index is 13.3. The van der Waals surface area contributed by atoms with Crippen LogP contribution < -0.4 is 5.32 Å². The van der Waals surface area contributed by atoms with Crippen molar-refractivity contribution in [3.63, 3.8) is 0 Å². The first-order valence-electron chi connectivity index (χ1n) is 11.2. The molecule has 31 heavy (non-hydrogen) atoms. The van der Waals surface area contributed by atoms with Crippen molar-refractivity contribution in [3.8, 4) is 0 Å². The van der Waals surface area contributed by atoms with Gasteiger partial charge in [-0.25, -0.2) is 4.39 Å². The van der Waals surface area contributed by atoms with Gasteiger partial charge in [0.1, 0.15) is 11.9 Å². The molecule has 0 aromatic heterocycles. The normalized spacial score (nSPS) is 15.4. The van der Waals surface area contributed by atoms with Crippen LogP contribution in [0.15, 0.2) is 42.5 Å². The standard InChI is InChI=1S/C26H33FN2O2/c1-18-9-10-22(15-19(18)2)16-25(30)29(17-21-11-13-23(27)14-12-21)20(3)26(31)28-24-7-5-4-6-8-24/h9-15,20,24H,4-8,16-17H2,1-3H3,(H,28,31)/t20-/m0/s1. The van der Waals surface area contributed by atoms with Crippen LogP contribution in [0, 0.1) is 19.7 Å². The molecular formula is C26H33FN2O2. The average molecular weight is 425 g/mol. The Labute approximate surface area is 184 Å². The molecular weight excluding hydrogens is 391 g/mol. The van der Waals surface area contributed by atoms with Crippen molar-refractivity contribution in [1.29, 1.82) is 0 Å². The third-order valence-electron chi connectivity index (χ3n) is 6.31. The summed E-state index contributed by atoms with van der Waals surface area (Å²) in [4.78, 5) is 27.9. The second kappa shape index (κ2) is 10.6. The highest BCUT2D eigenvalue weighted by molar-refractivity contribution is 5.88. The van der Waals surface area contributed by atoms with Crippen molar-refractivity contribution in [1.82, 2.24) is 10.2 Å². The summed E-state index contributed by atoms with van der Waals surface area (Å²) in [6.45, 7) is 6.11.